The maximum Gasteiger partial charge on any atom is 0.248 e. The second kappa shape index (κ2) is 5.19. The summed E-state index contributed by atoms with van der Waals surface area (Å²) in [5.74, 6) is 2.46. The van der Waals surface area contributed by atoms with Crippen molar-refractivity contribution in [2.45, 2.75) is 13.0 Å². The minimum absolute atomic E-state index is 0.151. The zero-order valence-corrected chi connectivity index (χ0v) is 13.3. The number of rotatable bonds is 4. The lowest BCUT2D eigenvalue weighted by Gasteiger charge is -2.29. The first kappa shape index (κ1) is 14.4. The minimum Gasteiger partial charge on any atom is -0.387 e. The molecule has 0 spiro atoms. The van der Waals surface area contributed by atoms with Crippen molar-refractivity contribution in [2.24, 2.45) is 17.8 Å². The van der Waals surface area contributed by atoms with Gasteiger partial charge < -0.3 is 19.9 Å². The zero-order valence-electron chi connectivity index (χ0n) is 13.3. The van der Waals surface area contributed by atoms with Gasteiger partial charge in [-0.3, -0.25) is 4.79 Å². The largest absolute Gasteiger partial charge is 0.387 e. The van der Waals surface area contributed by atoms with E-state index in [9.17, 15) is 4.79 Å². The number of aromatic nitrogens is 3. The molecule has 2 fully saturated rings. The Labute approximate surface area is 134 Å². The molecular formula is C16H21N5O2. The van der Waals surface area contributed by atoms with Gasteiger partial charge in [0.1, 0.15) is 24.4 Å². The fourth-order valence-electron chi connectivity index (χ4n) is 4.18. The van der Waals surface area contributed by atoms with Crippen LogP contribution in [0.2, 0.25) is 0 Å². The van der Waals surface area contributed by atoms with Gasteiger partial charge in [-0.2, -0.15) is 0 Å². The number of H-pyrrole nitrogens is 1. The first-order valence-electron chi connectivity index (χ1n) is 8.01. The van der Waals surface area contributed by atoms with Gasteiger partial charge in [0.25, 0.3) is 0 Å². The number of likely N-dealkylation sites (tertiary alicyclic amines) is 1. The van der Waals surface area contributed by atoms with Crippen LogP contribution in [0.5, 0.6) is 0 Å². The Balaban J connectivity index is 1.48. The normalized spacial score (nSPS) is 27.1. The summed E-state index contributed by atoms with van der Waals surface area (Å²) in [6.07, 6.45) is 3.47. The van der Waals surface area contributed by atoms with Crippen molar-refractivity contribution in [3.8, 4) is 0 Å². The average Bonchev–Trinajstić information content (AvgIpc) is 2.97. The van der Waals surface area contributed by atoms with E-state index in [2.05, 4.69) is 33.8 Å². The van der Waals surface area contributed by atoms with Crippen molar-refractivity contribution in [3.05, 3.63) is 18.6 Å². The second-order valence-electron chi connectivity index (χ2n) is 6.65. The SMILES string of the molecule is CC(C1C2CN(C(=O)CO)C[C@H]21)N(C)c1ncnc2[nH]ccc12. The average molecular weight is 315 g/mol. The lowest BCUT2D eigenvalue weighted by molar-refractivity contribution is -0.133. The predicted molar refractivity (Wildman–Crippen MR) is 85.9 cm³/mol. The van der Waals surface area contributed by atoms with Crippen molar-refractivity contribution in [1.82, 2.24) is 19.9 Å². The molecule has 2 aromatic rings. The number of anilines is 1. The highest BCUT2D eigenvalue weighted by molar-refractivity contribution is 5.87. The molecule has 1 amide bonds. The number of carbonyl (C=O) groups excluding carboxylic acids is 1. The standard InChI is InChI=1S/C16H21N5O2/c1-9(14-11-5-21(6-12(11)14)13(23)7-22)20(2)16-10-3-4-17-15(10)18-8-19-16/h3-4,8-9,11-12,14,22H,5-7H2,1-2H3,(H,17,18,19)/t9?,11-,12?,14?/m1/s1. The first-order chi connectivity index (χ1) is 11.1. The quantitative estimate of drug-likeness (QED) is 0.857. The van der Waals surface area contributed by atoms with Crippen LogP contribution in [0.4, 0.5) is 5.82 Å². The van der Waals surface area contributed by atoms with E-state index in [1.807, 2.05) is 12.3 Å². The van der Waals surface area contributed by atoms with E-state index in [4.69, 9.17) is 5.11 Å². The van der Waals surface area contributed by atoms with Gasteiger partial charge in [-0.25, -0.2) is 9.97 Å². The molecule has 3 unspecified atom stereocenters. The summed E-state index contributed by atoms with van der Waals surface area (Å²) in [5.41, 5.74) is 0.852. The highest BCUT2D eigenvalue weighted by Gasteiger charge is 2.59. The van der Waals surface area contributed by atoms with E-state index in [1.54, 1.807) is 11.2 Å². The summed E-state index contributed by atoms with van der Waals surface area (Å²) in [6, 6.07) is 2.35. The molecule has 1 aliphatic carbocycles. The Morgan fingerprint density at radius 1 is 1.48 bits per heavy atom. The number of hydrogen-bond donors (Lipinski definition) is 2. The van der Waals surface area contributed by atoms with Crippen LogP contribution in [0.25, 0.3) is 11.0 Å². The van der Waals surface area contributed by atoms with Gasteiger partial charge in [0.2, 0.25) is 5.91 Å². The Bertz CT molecular complexity index is 733. The van der Waals surface area contributed by atoms with E-state index < -0.39 is 0 Å². The Hall–Kier alpha value is -2.15. The number of fused-ring (bicyclic) bond motifs is 2. The lowest BCUT2D eigenvalue weighted by Crippen LogP contribution is -2.38. The summed E-state index contributed by atoms with van der Waals surface area (Å²) >= 11 is 0. The van der Waals surface area contributed by atoms with E-state index in [-0.39, 0.29) is 12.5 Å². The Kier molecular flexibility index (Phi) is 3.26. The molecular weight excluding hydrogens is 294 g/mol. The summed E-state index contributed by atoms with van der Waals surface area (Å²) in [7, 11) is 2.07. The first-order valence-corrected chi connectivity index (χ1v) is 8.01. The topological polar surface area (TPSA) is 85.3 Å². The van der Waals surface area contributed by atoms with Crippen molar-refractivity contribution in [3.63, 3.8) is 0 Å². The van der Waals surface area contributed by atoms with Gasteiger partial charge in [-0.05, 0) is 30.7 Å². The van der Waals surface area contributed by atoms with Crippen molar-refractivity contribution in [1.29, 1.82) is 0 Å². The minimum atomic E-state index is -0.383. The van der Waals surface area contributed by atoms with Gasteiger partial charge in [-0.1, -0.05) is 0 Å². The summed E-state index contributed by atoms with van der Waals surface area (Å²) in [6.45, 7) is 3.39. The molecule has 2 aliphatic rings. The molecule has 7 nitrogen and oxygen atoms in total. The molecule has 0 bridgehead atoms. The number of hydrogen-bond acceptors (Lipinski definition) is 5. The van der Waals surface area contributed by atoms with Crippen LogP contribution < -0.4 is 4.90 Å². The Morgan fingerprint density at radius 3 is 2.91 bits per heavy atom. The van der Waals surface area contributed by atoms with Crippen molar-refractivity contribution >= 4 is 22.8 Å². The molecule has 7 heteroatoms. The smallest absolute Gasteiger partial charge is 0.248 e. The Morgan fingerprint density at radius 2 is 2.22 bits per heavy atom. The highest BCUT2D eigenvalue weighted by atomic mass is 16.3. The number of amides is 1. The highest BCUT2D eigenvalue weighted by Crippen LogP contribution is 2.54. The molecule has 4 rings (SSSR count). The third-order valence-electron chi connectivity index (χ3n) is 5.58. The van der Waals surface area contributed by atoms with E-state index in [0.717, 1.165) is 29.9 Å². The van der Waals surface area contributed by atoms with Crippen LogP contribution in [0.15, 0.2) is 18.6 Å². The molecule has 3 heterocycles. The molecule has 2 N–H and O–H groups in total. The van der Waals surface area contributed by atoms with Gasteiger partial charge >= 0.3 is 0 Å². The monoisotopic (exact) mass is 315 g/mol. The van der Waals surface area contributed by atoms with Crippen LogP contribution >= 0.6 is 0 Å². The number of nitrogens with one attached hydrogen (secondary N) is 1. The van der Waals surface area contributed by atoms with Crippen LogP contribution in [0.3, 0.4) is 0 Å². The molecule has 1 saturated heterocycles. The number of nitrogens with zero attached hydrogens (tertiary/aromatic N) is 4. The van der Waals surface area contributed by atoms with Gasteiger partial charge in [0.05, 0.1) is 5.39 Å². The third-order valence-corrected chi connectivity index (χ3v) is 5.58. The molecule has 2 aromatic heterocycles. The summed E-state index contributed by atoms with van der Waals surface area (Å²) < 4.78 is 0. The number of aliphatic hydroxyl groups excluding tert-OH is 1. The molecule has 122 valence electrons. The van der Waals surface area contributed by atoms with Crippen molar-refractivity contribution in [2.75, 3.05) is 31.6 Å². The number of aromatic amines is 1. The molecule has 1 saturated carbocycles. The number of aliphatic hydroxyl groups is 1. The third kappa shape index (κ3) is 2.18. The van der Waals surface area contributed by atoms with Crippen molar-refractivity contribution < 1.29 is 9.90 Å². The summed E-state index contributed by atoms with van der Waals surface area (Å²) in [4.78, 5) is 27.4. The zero-order chi connectivity index (χ0) is 16.1. The fraction of sp³-hybridized carbons (Fsp3) is 0.562. The summed E-state index contributed by atoms with van der Waals surface area (Å²) in [5, 5.41) is 10.0. The predicted octanol–water partition coefficient (Wildman–Crippen LogP) is 0.479. The maximum atomic E-state index is 11.6. The molecule has 4 atom stereocenters. The van der Waals surface area contributed by atoms with Crippen LogP contribution in [0, 0.1) is 17.8 Å². The maximum absolute atomic E-state index is 11.6. The second-order valence-corrected chi connectivity index (χ2v) is 6.65. The van der Waals surface area contributed by atoms with E-state index >= 15 is 0 Å². The number of piperidine rings is 1. The van der Waals surface area contributed by atoms with E-state index in [0.29, 0.717) is 23.8 Å². The number of carbonyl (C=O) groups is 1. The van der Waals surface area contributed by atoms with Crippen LogP contribution in [-0.4, -0.2) is 63.7 Å². The molecule has 0 radical (unpaired) electrons. The van der Waals surface area contributed by atoms with E-state index in [1.165, 1.54) is 0 Å². The van der Waals surface area contributed by atoms with Gasteiger partial charge in [0, 0.05) is 32.4 Å². The molecule has 0 aromatic carbocycles. The molecule has 23 heavy (non-hydrogen) atoms. The fourth-order valence-corrected chi connectivity index (χ4v) is 4.18. The molecule has 1 aliphatic heterocycles. The van der Waals surface area contributed by atoms with Gasteiger partial charge in [0.15, 0.2) is 0 Å². The van der Waals surface area contributed by atoms with Gasteiger partial charge in [-0.15, -0.1) is 0 Å². The van der Waals surface area contributed by atoms with Crippen LogP contribution in [-0.2, 0) is 4.79 Å². The lowest BCUT2D eigenvalue weighted by atomic mass is 10.1. The van der Waals surface area contributed by atoms with Crippen LogP contribution in [0.1, 0.15) is 6.92 Å².